The quantitative estimate of drug-likeness (QED) is 0.818. The van der Waals surface area contributed by atoms with Crippen molar-refractivity contribution in [3.63, 3.8) is 0 Å². The van der Waals surface area contributed by atoms with Gasteiger partial charge in [-0.05, 0) is 42.8 Å². The van der Waals surface area contributed by atoms with E-state index in [-0.39, 0.29) is 11.3 Å². The highest BCUT2D eigenvalue weighted by atomic mass is 35.5. The summed E-state index contributed by atoms with van der Waals surface area (Å²) >= 11 is 5.83. The summed E-state index contributed by atoms with van der Waals surface area (Å²) < 4.78 is 0. The molecule has 2 aromatic carbocycles. The van der Waals surface area contributed by atoms with E-state index in [0.717, 1.165) is 0 Å². The van der Waals surface area contributed by atoms with E-state index in [2.05, 4.69) is 10.2 Å². The normalized spacial score (nSPS) is 10.9. The second kappa shape index (κ2) is 5.71. The van der Waals surface area contributed by atoms with E-state index < -0.39 is 5.97 Å². The summed E-state index contributed by atoms with van der Waals surface area (Å²) in [5, 5.41) is 27.1. The molecule has 102 valence electrons. The summed E-state index contributed by atoms with van der Waals surface area (Å²) in [4.78, 5) is 11.0. The Labute approximate surface area is 120 Å². The molecule has 0 saturated heterocycles. The maximum Gasteiger partial charge on any atom is 0.339 e. The summed E-state index contributed by atoms with van der Waals surface area (Å²) in [5.41, 5.74) is 1.12. The zero-order valence-corrected chi connectivity index (χ0v) is 11.3. The SMILES string of the molecule is Cc1cc(N=Nc2cccc(Cl)c2)cc(C(=O)O)c1O. The third-order valence-electron chi connectivity index (χ3n) is 2.60. The number of nitrogens with zero attached hydrogens (tertiary/aromatic N) is 2. The molecule has 2 N–H and O–H groups in total. The molecule has 0 spiro atoms. The minimum absolute atomic E-state index is 0.204. The molecule has 0 aliphatic heterocycles. The lowest BCUT2D eigenvalue weighted by molar-refractivity contribution is 0.0693. The molecule has 0 amide bonds. The average Bonchev–Trinajstić information content (AvgIpc) is 2.39. The van der Waals surface area contributed by atoms with E-state index in [1.54, 1.807) is 37.3 Å². The highest BCUT2D eigenvalue weighted by Crippen LogP contribution is 2.29. The number of azo groups is 1. The first-order valence-corrected chi connectivity index (χ1v) is 6.09. The summed E-state index contributed by atoms with van der Waals surface area (Å²) in [6, 6.07) is 9.63. The molecule has 0 fully saturated rings. The number of aromatic carboxylic acids is 1. The number of hydrogen-bond donors (Lipinski definition) is 2. The number of aromatic hydroxyl groups is 1. The second-order valence-electron chi connectivity index (χ2n) is 4.14. The molecule has 0 heterocycles. The minimum Gasteiger partial charge on any atom is -0.507 e. The Bertz CT molecular complexity index is 699. The van der Waals surface area contributed by atoms with Crippen molar-refractivity contribution in [3.8, 4) is 5.75 Å². The Kier molecular flexibility index (Phi) is 4.00. The largest absolute Gasteiger partial charge is 0.507 e. The van der Waals surface area contributed by atoms with E-state index in [4.69, 9.17) is 16.7 Å². The zero-order valence-electron chi connectivity index (χ0n) is 10.5. The fourth-order valence-electron chi connectivity index (χ4n) is 1.64. The molecule has 0 atom stereocenters. The van der Waals surface area contributed by atoms with Crippen LogP contribution < -0.4 is 0 Å². The molecule has 0 unspecified atom stereocenters. The smallest absolute Gasteiger partial charge is 0.339 e. The van der Waals surface area contributed by atoms with Crippen LogP contribution in [0.3, 0.4) is 0 Å². The van der Waals surface area contributed by atoms with Crippen LogP contribution in [0.15, 0.2) is 46.6 Å². The second-order valence-corrected chi connectivity index (χ2v) is 4.58. The van der Waals surface area contributed by atoms with Crippen LogP contribution in [0.1, 0.15) is 15.9 Å². The van der Waals surface area contributed by atoms with Gasteiger partial charge in [-0.1, -0.05) is 17.7 Å². The zero-order chi connectivity index (χ0) is 14.7. The number of halogens is 1. The molecule has 0 aromatic heterocycles. The topological polar surface area (TPSA) is 82.2 Å². The van der Waals surface area contributed by atoms with Gasteiger partial charge in [-0.3, -0.25) is 0 Å². The van der Waals surface area contributed by atoms with E-state index >= 15 is 0 Å². The van der Waals surface area contributed by atoms with Crippen molar-refractivity contribution in [3.05, 3.63) is 52.5 Å². The summed E-state index contributed by atoms with van der Waals surface area (Å²) in [5.74, 6) is -1.48. The van der Waals surface area contributed by atoms with Gasteiger partial charge in [0.1, 0.15) is 11.3 Å². The number of hydrogen-bond acceptors (Lipinski definition) is 4. The van der Waals surface area contributed by atoms with Crippen LogP contribution in [0, 0.1) is 6.92 Å². The highest BCUT2D eigenvalue weighted by molar-refractivity contribution is 6.30. The van der Waals surface area contributed by atoms with Gasteiger partial charge in [0.05, 0.1) is 11.4 Å². The maximum absolute atomic E-state index is 11.0. The van der Waals surface area contributed by atoms with Crippen LogP contribution in [-0.4, -0.2) is 16.2 Å². The number of phenols is 1. The highest BCUT2D eigenvalue weighted by Gasteiger charge is 2.13. The van der Waals surface area contributed by atoms with Gasteiger partial charge in [-0.25, -0.2) is 4.79 Å². The van der Waals surface area contributed by atoms with Gasteiger partial charge in [-0.15, -0.1) is 0 Å². The number of carboxylic acids is 1. The van der Waals surface area contributed by atoms with Gasteiger partial charge in [0.15, 0.2) is 0 Å². The molecule has 5 nitrogen and oxygen atoms in total. The molecule has 0 aliphatic rings. The monoisotopic (exact) mass is 290 g/mol. The molecule has 0 aliphatic carbocycles. The third-order valence-corrected chi connectivity index (χ3v) is 2.84. The van der Waals surface area contributed by atoms with Crippen LogP contribution in [0.2, 0.25) is 5.02 Å². The Hall–Kier alpha value is -2.40. The van der Waals surface area contributed by atoms with Crippen LogP contribution >= 0.6 is 11.6 Å². The van der Waals surface area contributed by atoms with Crippen molar-refractivity contribution in [2.45, 2.75) is 6.92 Å². The summed E-state index contributed by atoms with van der Waals surface area (Å²) in [6.07, 6.45) is 0. The summed E-state index contributed by atoms with van der Waals surface area (Å²) in [7, 11) is 0. The predicted molar refractivity (Wildman–Crippen MR) is 75.4 cm³/mol. The minimum atomic E-state index is -1.22. The Morgan fingerprint density at radius 1 is 1.15 bits per heavy atom. The molecule has 0 saturated carbocycles. The number of aryl methyl sites for hydroxylation is 1. The lowest BCUT2D eigenvalue weighted by Gasteiger charge is -2.04. The van der Waals surface area contributed by atoms with Crippen molar-refractivity contribution in [1.82, 2.24) is 0 Å². The Balaban J connectivity index is 2.37. The maximum atomic E-state index is 11.0. The van der Waals surface area contributed by atoms with Crippen molar-refractivity contribution in [2.75, 3.05) is 0 Å². The standard InChI is InChI=1S/C14H11ClN2O3/c1-8-5-11(7-12(13(8)18)14(19)20)17-16-10-4-2-3-9(15)6-10/h2-7,18H,1H3,(H,19,20). The lowest BCUT2D eigenvalue weighted by Crippen LogP contribution is -1.97. The van der Waals surface area contributed by atoms with Crippen molar-refractivity contribution < 1.29 is 15.0 Å². The molecule has 0 radical (unpaired) electrons. The van der Waals surface area contributed by atoms with E-state index in [1.807, 2.05) is 0 Å². The lowest BCUT2D eigenvalue weighted by atomic mass is 10.1. The first kappa shape index (κ1) is 14.0. The fraction of sp³-hybridized carbons (Fsp3) is 0.0714. The molecule has 20 heavy (non-hydrogen) atoms. The number of carbonyl (C=O) groups is 1. The van der Waals surface area contributed by atoms with Gasteiger partial charge >= 0.3 is 5.97 Å². The number of rotatable bonds is 3. The van der Waals surface area contributed by atoms with Crippen LogP contribution in [0.4, 0.5) is 11.4 Å². The Morgan fingerprint density at radius 2 is 1.85 bits per heavy atom. The van der Waals surface area contributed by atoms with E-state index in [1.165, 1.54) is 6.07 Å². The number of carboxylic acid groups (broad SMARTS) is 1. The molecule has 2 aromatic rings. The molecular weight excluding hydrogens is 280 g/mol. The average molecular weight is 291 g/mol. The van der Waals surface area contributed by atoms with Crippen molar-refractivity contribution in [1.29, 1.82) is 0 Å². The van der Waals surface area contributed by atoms with E-state index in [0.29, 0.717) is 22.0 Å². The Morgan fingerprint density at radius 3 is 2.50 bits per heavy atom. The van der Waals surface area contributed by atoms with Crippen molar-refractivity contribution in [2.24, 2.45) is 10.2 Å². The van der Waals surface area contributed by atoms with Crippen LogP contribution in [-0.2, 0) is 0 Å². The van der Waals surface area contributed by atoms with Crippen molar-refractivity contribution >= 4 is 28.9 Å². The molecular formula is C14H11ClN2O3. The van der Waals surface area contributed by atoms with Crippen LogP contribution in [0.5, 0.6) is 5.75 Å². The van der Waals surface area contributed by atoms with Gasteiger partial charge in [-0.2, -0.15) is 10.2 Å². The molecule has 2 rings (SSSR count). The van der Waals surface area contributed by atoms with Gasteiger partial charge < -0.3 is 10.2 Å². The fourth-order valence-corrected chi connectivity index (χ4v) is 1.82. The molecule has 6 heteroatoms. The van der Waals surface area contributed by atoms with E-state index in [9.17, 15) is 9.90 Å². The van der Waals surface area contributed by atoms with Gasteiger partial charge in [0.25, 0.3) is 0 Å². The third kappa shape index (κ3) is 3.13. The number of benzene rings is 2. The van der Waals surface area contributed by atoms with Gasteiger partial charge in [0, 0.05) is 5.02 Å². The van der Waals surface area contributed by atoms with Crippen LogP contribution in [0.25, 0.3) is 0 Å². The van der Waals surface area contributed by atoms with Gasteiger partial charge in [0.2, 0.25) is 0 Å². The first-order chi connectivity index (χ1) is 9.47. The predicted octanol–water partition coefficient (Wildman–Crippen LogP) is 4.47. The molecule has 0 bridgehead atoms. The summed E-state index contributed by atoms with van der Waals surface area (Å²) in [6.45, 7) is 1.60. The first-order valence-electron chi connectivity index (χ1n) is 5.71.